The van der Waals surface area contributed by atoms with Crippen molar-refractivity contribution >= 4 is 17.4 Å². The van der Waals surface area contributed by atoms with E-state index in [1.807, 2.05) is 0 Å². The van der Waals surface area contributed by atoms with Gasteiger partial charge in [-0.2, -0.15) is 0 Å². The van der Waals surface area contributed by atoms with E-state index in [4.69, 9.17) is 16.8 Å². The normalized spacial score (nSPS) is 10.4. The fraction of sp³-hybridized carbons (Fsp3) is 0. The summed E-state index contributed by atoms with van der Waals surface area (Å²) in [6.45, 7) is 0. The van der Waals surface area contributed by atoms with Crippen LogP contribution in [0.1, 0.15) is 0 Å². The van der Waals surface area contributed by atoms with Gasteiger partial charge in [0.2, 0.25) is 0 Å². The number of hydrogen-bond donors (Lipinski definition) is 2. The Labute approximate surface area is 46.1 Å². The van der Waals surface area contributed by atoms with Crippen molar-refractivity contribution < 1.29 is 0 Å². The summed E-state index contributed by atoms with van der Waals surface area (Å²) in [5.41, 5.74) is 9.99. The van der Waals surface area contributed by atoms with Gasteiger partial charge in [0, 0.05) is 12.4 Å². The van der Waals surface area contributed by atoms with Crippen LogP contribution in [0.25, 0.3) is 0 Å². The largest absolute Gasteiger partial charge is 0.403 e. The minimum absolute atomic E-state index is 0.569. The Kier molecular flexibility index (Phi) is 3.02. The molecular weight excluding hydrogens is 108 g/mol. The van der Waals surface area contributed by atoms with E-state index in [0.29, 0.717) is 4.91 Å². The summed E-state index contributed by atoms with van der Waals surface area (Å²) in [5, 5.41) is 6.59. The second-order valence-corrected chi connectivity index (χ2v) is 1.54. The third-order valence-electron chi connectivity index (χ3n) is 0.443. The van der Waals surface area contributed by atoms with Gasteiger partial charge < -0.3 is 11.1 Å². The second kappa shape index (κ2) is 3.40. The second-order valence-electron chi connectivity index (χ2n) is 0.831. The molecule has 0 spiro atoms. The van der Waals surface area contributed by atoms with Gasteiger partial charge in [-0.15, -0.1) is 5.69 Å². The molecule has 0 radical (unpaired) electrons. The first-order chi connectivity index (χ1) is 3.35. The highest BCUT2D eigenvalue weighted by molar-refractivity contribution is 7.93. The zero-order valence-electron chi connectivity index (χ0n) is 3.72. The Balaban J connectivity index is 3.94. The van der Waals surface area contributed by atoms with Crippen LogP contribution in [0, 0.1) is 11.1 Å². The van der Waals surface area contributed by atoms with E-state index in [9.17, 15) is 0 Å². The molecule has 0 unspecified atom stereocenters. The molecule has 0 aliphatic rings. The van der Waals surface area contributed by atoms with Gasteiger partial charge in [0.1, 0.15) is 0 Å². The van der Waals surface area contributed by atoms with E-state index >= 15 is 0 Å². The lowest BCUT2D eigenvalue weighted by Crippen LogP contribution is -1.80. The Morgan fingerprint density at radius 2 is 2.43 bits per heavy atom. The third kappa shape index (κ3) is 1.98. The van der Waals surface area contributed by atoms with Gasteiger partial charge in [0.05, 0.1) is 4.91 Å². The molecule has 0 aliphatic heterocycles. The molecule has 2 nitrogen and oxygen atoms in total. The molecule has 3 heteroatoms. The number of rotatable bonds is 1. The molecule has 7 heavy (non-hydrogen) atoms. The SMILES string of the molecule is C#S/C(C=N)=C/N. The van der Waals surface area contributed by atoms with Crippen LogP contribution in [0.5, 0.6) is 0 Å². The summed E-state index contributed by atoms with van der Waals surface area (Å²) in [6, 6.07) is 0. The van der Waals surface area contributed by atoms with Gasteiger partial charge in [-0.3, -0.25) is 0 Å². The Hall–Kier alpha value is -0.790. The molecule has 0 rings (SSSR count). The highest BCUT2D eigenvalue weighted by Gasteiger charge is 1.75. The van der Waals surface area contributed by atoms with Crippen LogP contribution >= 0.6 is 11.2 Å². The standard InChI is InChI=1S/C4H6N2S/c1-7-4(2-5)3-6/h1-3,5H,6H2/b4-3+,5-2?. The van der Waals surface area contributed by atoms with E-state index in [1.54, 1.807) is 0 Å². The fourth-order valence-electron chi connectivity index (χ4n) is 0.121. The molecule has 0 bridgehead atoms. The average Bonchev–Trinajstić information content (AvgIpc) is 1.72. The molecule has 0 heterocycles. The number of allylic oxidation sites excluding steroid dienone is 1. The van der Waals surface area contributed by atoms with Crippen LogP contribution in [0.2, 0.25) is 0 Å². The minimum Gasteiger partial charge on any atom is -0.403 e. The molecule has 0 saturated heterocycles. The molecule has 0 aromatic rings. The predicted octanol–water partition coefficient (Wildman–Crippen LogP) is 0.758. The fourth-order valence-corrected chi connectivity index (χ4v) is 0.268. The van der Waals surface area contributed by atoms with E-state index in [1.165, 1.54) is 6.20 Å². The summed E-state index contributed by atoms with van der Waals surface area (Å²) in [5.74, 6) is 0. The molecule has 0 amide bonds. The first kappa shape index (κ1) is 6.21. The van der Waals surface area contributed by atoms with Crippen molar-refractivity contribution in [3.63, 3.8) is 0 Å². The molecule has 0 saturated carbocycles. The maximum absolute atomic E-state index is 6.59. The smallest absolute Gasteiger partial charge is 0.0678 e. The van der Waals surface area contributed by atoms with Gasteiger partial charge in [-0.05, 0) is 0 Å². The highest BCUT2D eigenvalue weighted by atomic mass is 32.1. The quantitative estimate of drug-likeness (QED) is 0.486. The van der Waals surface area contributed by atoms with E-state index in [0.717, 1.165) is 17.4 Å². The van der Waals surface area contributed by atoms with Crippen molar-refractivity contribution in [3.05, 3.63) is 11.1 Å². The maximum atomic E-state index is 6.59. The lowest BCUT2D eigenvalue weighted by Gasteiger charge is -1.77. The van der Waals surface area contributed by atoms with Crippen molar-refractivity contribution in [2.24, 2.45) is 5.73 Å². The predicted molar refractivity (Wildman–Crippen MR) is 33.6 cm³/mol. The zero-order chi connectivity index (χ0) is 5.70. The summed E-state index contributed by atoms with van der Waals surface area (Å²) in [7, 11) is 0. The van der Waals surface area contributed by atoms with Crippen LogP contribution in [-0.2, 0) is 0 Å². The van der Waals surface area contributed by atoms with E-state index < -0.39 is 0 Å². The number of hydrogen-bond acceptors (Lipinski definition) is 2. The van der Waals surface area contributed by atoms with Crippen LogP contribution < -0.4 is 5.73 Å². The van der Waals surface area contributed by atoms with Crippen LogP contribution in [0.15, 0.2) is 11.1 Å². The molecule has 0 aromatic carbocycles. The minimum atomic E-state index is 0.569. The molecule has 0 aliphatic carbocycles. The van der Waals surface area contributed by atoms with Crippen molar-refractivity contribution in [2.75, 3.05) is 0 Å². The maximum Gasteiger partial charge on any atom is 0.0678 e. The summed E-state index contributed by atoms with van der Waals surface area (Å²) in [6.07, 6.45) is 2.39. The molecule has 3 N–H and O–H groups in total. The van der Waals surface area contributed by atoms with Crippen LogP contribution in [-0.4, -0.2) is 6.21 Å². The molecular formula is C4H6N2S. The Bertz CT molecular complexity index is 131. The van der Waals surface area contributed by atoms with E-state index in [2.05, 4.69) is 0 Å². The molecule has 0 fully saturated rings. The summed E-state index contributed by atoms with van der Waals surface area (Å²) in [4.78, 5) is 0.569. The lowest BCUT2D eigenvalue weighted by atomic mass is 10.7. The monoisotopic (exact) mass is 114 g/mol. The number of nitrogens with one attached hydrogen (secondary N) is 1. The van der Waals surface area contributed by atoms with Crippen molar-refractivity contribution in [1.82, 2.24) is 0 Å². The molecule has 0 aromatic heterocycles. The van der Waals surface area contributed by atoms with Gasteiger partial charge in [0.25, 0.3) is 0 Å². The van der Waals surface area contributed by atoms with Crippen LogP contribution in [0.4, 0.5) is 0 Å². The summed E-state index contributed by atoms with van der Waals surface area (Å²) >= 11 is 0.963. The molecule has 0 atom stereocenters. The summed E-state index contributed by atoms with van der Waals surface area (Å²) < 4.78 is 0. The first-order valence-electron chi connectivity index (χ1n) is 1.64. The third-order valence-corrected chi connectivity index (χ3v) is 0.969. The average molecular weight is 114 g/mol. The Morgan fingerprint density at radius 3 is 2.43 bits per heavy atom. The Morgan fingerprint density at radius 1 is 1.86 bits per heavy atom. The molecule has 38 valence electrons. The van der Waals surface area contributed by atoms with Gasteiger partial charge in [0.15, 0.2) is 0 Å². The highest BCUT2D eigenvalue weighted by Crippen LogP contribution is 1.93. The topological polar surface area (TPSA) is 49.9 Å². The van der Waals surface area contributed by atoms with Crippen LogP contribution in [0.3, 0.4) is 0 Å². The van der Waals surface area contributed by atoms with Crippen molar-refractivity contribution in [3.8, 4) is 5.69 Å². The van der Waals surface area contributed by atoms with Gasteiger partial charge >= 0.3 is 0 Å². The zero-order valence-corrected chi connectivity index (χ0v) is 4.53. The van der Waals surface area contributed by atoms with Gasteiger partial charge in [-0.1, -0.05) is 11.2 Å². The van der Waals surface area contributed by atoms with E-state index in [-0.39, 0.29) is 0 Å². The van der Waals surface area contributed by atoms with Gasteiger partial charge in [-0.25, -0.2) is 0 Å². The lowest BCUT2D eigenvalue weighted by molar-refractivity contribution is 1.55. The first-order valence-corrected chi connectivity index (χ1v) is 2.52. The number of nitrogens with two attached hydrogens (primary N) is 1. The van der Waals surface area contributed by atoms with Crippen molar-refractivity contribution in [2.45, 2.75) is 0 Å². The van der Waals surface area contributed by atoms with Crippen molar-refractivity contribution in [1.29, 1.82) is 5.41 Å².